The molecule has 0 atom stereocenters. The lowest BCUT2D eigenvalue weighted by Crippen LogP contribution is -2.32. The minimum Gasteiger partial charge on any atom is -0.364 e. The van der Waals surface area contributed by atoms with Gasteiger partial charge in [-0.3, -0.25) is 14.5 Å². The van der Waals surface area contributed by atoms with Crippen LogP contribution in [-0.4, -0.2) is 30.6 Å². The van der Waals surface area contributed by atoms with Crippen LogP contribution in [0.15, 0.2) is 11.6 Å². The Labute approximate surface area is 64.4 Å². The van der Waals surface area contributed by atoms with Crippen LogP contribution in [0.25, 0.3) is 0 Å². The summed E-state index contributed by atoms with van der Waals surface area (Å²) in [6.45, 7) is 1.64. The SMILES string of the molecule is COCN1C(=O)C=C(C)C1=O. The largest absolute Gasteiger partial charge is 0.364 e. The minimum atomic E-state index is -0.297. The van der Waals surface area contributed by atoms with Crippen molar-refractivity contribution in [1.29, 1.82) is 0 Å². The normalized spacial score (nSPS) is 17.6. The van der Waals surface area contributed by atoms with Crippen molar-refractivity contribution >= 4 is 11.8 Å². The molecule has 0 fully saturated rings. The monoisotopic (exact) mass is 155 g/mol. The molecule has 4 nitrogen and oxygen atoms in total. The van der Waals surface area contributed by atoms with E-state index in [9.17, 15) is 9.59 Å². The highest BCUT2D eigenvalue weighted by Gasteiger charge is 2.27. The first-order valence-electron chi connectivity index (χ1n) is 3.20. The third-order valence-electron chi connectivity index (χ3n) is 1.45. The van der Waals surface area contributed by atoms with Crippen molar-refractivity contribution in [2.45, 2.75) is 6.92 Å². The van der Waals surface area contributed by atoms with E-state index in [2.05, 4.69) is 4.74 Å². The fourth-order valence-corrected chi connectivity index (χ4v) is 0.889. The van der Waals surface area contributed by atoms with Crippen LogP contribution in [0, 0.1) is 0 Å². The third kappa shape index (κ3) is 1.30. The fraction of sp³-hybridized carbons (Fsp3) is 0.429. The Kier molecular flexibility index (Phi) is 2.05. The van der Waals surface area contributed by atoms with E-state index in [1.807, 2.05) is 0 Å². The van der Waals surface area contributed by atoms with Crippen molar-refractivity contribution in [3.8, 4) is 0 Å². The molecule has 0 aromatic heterocycles. The Morgan fingerprint density at radius 1 is 1.55 bits per heavy atom. The van der Waals surface area contributed by atoms with Crippen molar-refractivity contribution in [3.63, 3.8) is 0 Å². The molecule has 1 aliphatic rings. The highest BCUT2D eigenvalue weighted by molar-refractivity contribution is 6.15. The maximum Gasteiger partial charge on any atom is 0.258 e. The van der Waals surface area contributed by atoms with Gasteiger partial charge in [0.25, 0.3) is 11.8 Å². The number of ether oxygens (including phenoxy) is 1. The molecule has 11 heavy (non-hydrogen) atoms. The summed E-state index contributed by atoms with van der Waals surface area (Å²) in [6.07, 6.45) is 1.31. The van der Waals surface area contributed by atoms with Gasteiger partial charge in [0, 0.05) is 18.8 Å². The zero-order valence-corrected chi connectivity index (χ0v) is 6.46. The summed E-state index contributed by atoms with van der Waals surface area (Å²) in [6, 6.07) is 0. The lowest BCUT2D eigenvalue weighted by molar-refractivity contribution is -0.142. The van der Waals surface area contributed by atoms with Crippen LogP contribution in [-0.2, 0) is 14.3 Å². The van der Waals surface area contributed by atoms with Crippen molar-refractivity contribution in [1.82, 2.24) is 4.90 Å². The van der Waals surface area contributed by atoms with E-state index in [0.29, 0.717) is 5.57 Å². The van der Waals surface area contributed by atoms with E-state index in [0.717, 1.165) is 4.90 Å². The molecule has 0 radical (unpaired) electrons. The van der Waals surface area contributed by atoms with Crippen molar-refractivity contribution in [2.24, 2.45) is 0 Å². The molecule has 60 valence electrons. The van der Waals surface area contributed by atoms with Crippen LogP contribution >= 0.6 is 0 Å². The van der Waals surface area contributed by atoms with Gasteiger partial charge in [0.15, 0.2) is 0 Å². The van der Waals surface area contributed by atoms with Gasteiger partial charge in [-0.25, -0.2) is 0 Å². The number of methoxy groups -OCH3 is 1. The summed E-state index contributed by atoms with van der Waals surface area (Å²) < 4.78 is 4.67. The zero-order chi connectivity index (χ0) is 8.43. The summed E-state index contributed by atoms with van der Waals surface area (Å²) in [4.78, 5) is 23.0. The molecule has 0 saturated heterocycles. The van der Waals surface area contributed by atoms with E-state index in [1.54, 1.807) is 6.92 Å². The molecule has 0 bridgehead atoms. The van der Waals surface area contributed by atoms with Gasteiger partial charge in [-0.1, -0.05) is 0 Å². The molecule has 0 aromatic rings. The van der Waals surface area contributed by atoms with Crippen molar-refractivity contribution < 1.29 is 14.3 Å². The summed E-state index contributed by atoms with van der Waals surface area (Å²) in [5.41, 5.74) is 0.465. The number of hydrogen-bond acceptors (Lipinski definition) is 3. The lowest BCUT2D eigenvalue weighted by atomic mass is 10.3. The molecule has 0 spiro atoms. The van der Waals surface area contributed by atoms with Crippen LogP contribution in [0.5, 0.6) is 0 Å². The van der Waals surface area contributed by atoms with Gasteiger partial charge in [0.2, 0.25) is 0 Å². The van der Waals surface area contributed by atoms with Gasteiger partial charge in [0.05, 0.1) is 0 Å². The van der Waals surface area contributed by atoms with Gasteiger partial charge < -0.3 is 4.74 Å². The maximum atomic E-state index is 11.1. The highest BCUT2D eigenvalue weighted by Crippen LogP contribution is 2.10. The first kappa shape index (κ1) is 7.94. The minimum absolute atomic E-state index is 0.0332. The van der Waals surface area contributed by atoms with Gasteiger partial charge in [-0.15, -0.1) is 0 Å². The molecule has 0 saturated carbocycles. The Hall–Kier alpha value is -1.16. The number of nitrogens with zero attached hydrogens (tertiary/aromatic N) is 1. The van der Waals surface area contributed by atoms with Crippen LogP contribution in [0.2, 0.25) is 0 Å². The van der Waals surface area contributed by atoms with Crippen LogP contribution in [0.4, 0.5) is 0 Å². The predicted molar refractivity (Wildman–Crippen MR) is 37.5 cm³/mol. The van der Waals surface area contributed by atoms with E-state index < -0.39 is 0 Å². The molecule has 1 heterocycles. The van der Waals surface area contributed by atoms with Crippen molar-refractivity contribution in [2.75, 3.05) is 13.8 Å². The Bertz CT molecular complexity index is 232. The fourth-order valence-electron chi connectivity index (χ4n) is 0.889. The smallest absolute Gasteiger partial charge is 0.258 e. The maximum absolute atomic E-state index is 11.1. The first-order chi connectivity index (χ1) is 5.16. The van der Waals surface area contributed by atoms with Crippen LogP contribution in [0.3, 0.4) is 0 Å². The second-order valence-electron chi connectivity index (χ2n) is 2.32. The molecule has 0 aliphatic carbocycles. The molecule has 0 aromatic carbocycles. The van der Waals surface area contributed by atoms with Gasteiger partial charge in [-0.05, 0) is 6.92 Å². The molecule has 1 aliphatic heterocycles. The number of imide groups is 1. The average molecular weight is 155 g/mol. The Morgan fingerprint density at radius 2 is 2.18 bits per heavy atom. The zero-order valence-electron chi connectivity index (χ0n) is 6.46. The average Bonchev–Trinajstić information content (AvgIpc) is 2.17. The van der Waals surface area contributed by atoms with Crippen LogP contribution in [0.1, 0.15) is 6.92 Å². The topological polar surface area (TPSA) is 46.6 Å². The van der Waals surface area contributed by atoms with Gasteiger partial charge >= 0.3 is 0 Å². The number of rotatable bonds is 2. The Morgan fingerprint density at radius 3 is 2.55 bits per heavy atom. The summed E-state index contributed by atoms with van der Waals surface area (Å²) in [5, 5.41) is 0. The Balaban J connectivity index is 2.73. The highest BCUT2D eigenvalue weighted by atomic mass is 16.5. The molecule has 1 rings (SSSR count). The standard InChI is InChI=1S/C7H9NO3/c1-5-3-6(9)8(4-11-2)7(5)10/h3H,4H2,1-2H3. The van der Waals surface area contributed by atoms with E-state index in [1.165, 1.54) is 13.2 Å². The predicted octanol–water partition coefficient (Wildman–Crippen LogP) is -0.0946. The number of carbonyl (C=O) groups is 2. The number of amides is 2. The quantitative estimate of drug-likeness (QED) is 0.523. The van der Waals surface area contributed by atoms with Crippen molar-refractivity contribution in [3.05, 3.63) is 11.6 Å². The molecule has 0 unspecified atom stereocenters. The molecule has 0 N–H and O–H groups in total. The van der Waals surface area contributed by atoms with E-state index in [4.69, 9.17) is 0 Å². The molecular formula is C7H9NO3. The third-order valence-corrected chi connectivity index (χ3v) is 1.45. The van der Waals surface area contributed by atoms with E-state index in [-0.39, 0.29) is 18.5 Å². The number of carbonyl (C=O) groups excluding carboxylic acids is 2. The molecule has 4 heteroatoms. The second-order valence-corrected chi connectivity index (χ2v) is 2.32. The lowest BCUT2D eigenvalue weighted by Gasteiger charge is -2.11. The van der Waals surface area contributed by atoms with Crippen LogP contribution < -0.4 is 0 Å². The molecular weight excluding hydrogens is 146 g/mol. The van der Waals surface area contributed by atoms with Gasteiger partial charge in [-0.2, -0.15) is 0 Å². The second kappa shape index (κ2) is 2.84. The number of hydrogen-bond donors (Lipinski definition) is 0. The summed E-state index contributed by atoms with van der Waals surface area (Å²) in [7, 11) is 1.44. The molecule has 2 amide bonds. The first-order valence-corrected chi connectivity index (χ1v) is 3.20. The summed E-state index contributed by atoms with van der Waals surface area (Å²) in [5.74, 6) is -0.564. The van der Waals surface area contributed by atoms with Gasteiger partial charge in [0.1, 0.15) is 6.73 Å². The van der Waals surface area contributed by atoms with E-state index >= 15 is 0 Å². The summed E-state index contributed by atoms with van der Waals surface area (Å²) >= 11 is 0.